The van der Waals surface area contributed by atoms with E-state index in [9.17, 15) is 0 Å². The summed E-state index contributed by atoms with van der Waals surface area (Å²) in [6.45, 7) is 3.29. The lowest BCUT2D eigenvalue weighted by molar-refractivity contribution is 0.446. The van der Waals surface area contributed by atoms with Crippen LogP contribution >= 0.6 is 0 Å². The third kappa shape index (κ3) is 5.31. The average molecular weight is 286 g/mol. The lowest BCUT2D eigenvalue weighted by Gasteiger charge is -2.18. The summed E-state index contributed by atoms with van der Waals surface area (Å²) in [4.78, 5) is 4.41. The van der Waals surface area contributed by atoms with Crippen molar-refractivity contribution in [3.63, 3.8) is 0 Å². The molecule has 4 nitrogen and oxygen atoms in total. The first-order valence-electron chi connectivity index (χ1n) is 7.89. The number of aryl methyl sites for hydroxylation is 3. The lowest BCUT2D eigenvalue weighted by atomic mass is 10.0. The van der Waals surface area contributed by atoms with Gasteiger partial charge in [0.05, 0.1) is 0 Å². The molecule has 2 heterocycles. The van der Waals surface area contributed by atoms with Crippen molar-refractivity contribution >= 4 is 0 Å². The zero-order valence-corrected chi connectivity index (χ0v) is 13.1. The van der Waals surface area contributed by atoms with Crippen molar-refractivity contribution in [2.24, 2.45) is 7.05 Å². The Bertz CT molecular complexity index is 507. The molecule has 0 aromatic carbocycles. The number of aromatic nitrogens is 3. The van der Waals surface area contributed by atoms with Gasteiger partial charge in [-0.2, -0.15) is 5.10 Å². The van der Waals surface area contributed by atoms with Crippen LogP contribution in [0.25, 0.3) is 0 Å². The number of pyridine rings is 1. The Hall–Kier alpha value is -1.68. The monoisotopic (exact) mass is 286 g/mol. The zero-order valence-electron chi connectivity index (χ0n) is 13.1. The molecule has 1 atom stereocenters. The highest BCUT2D eigenvalue weighted by molar-refractivity contribution is 5.04. The van der Waals surface area contributed by atoms with Crippen molar-refractivity contribution in [3.8, 4) is 0 Å². The Labute approximate surface area is 127 Å². The van der Waals surface area contributed by atoms with Gasteiger partial charge in [-0.1, -0.05) is 13.0 Å². The fourth-order valence-corrected chi connectivity index (χ4v) is 2.53. The second kappa shape index (κ2) is 8.57. The summed E-state index contributed by atoms with van der Waals surface area (Å²) < 4.78 is 1.97. The van der Waals surface area contributed by atoms with E-state index in [2.05, 4.69) is 40.5 Å². The predicted octanol–water partition coefficient (Wildman–Crippen LogP) is 2.75. The molecule has 0 aliphatic carbocycles. The number of rotatable bonds is 9. The summed E-state index contributed by atoms with van der Waals surface area (Å²) in [6.07, 6.45) is 9.30. The van der Waals surface area contributed by atoms with Gasteiger partial charge in [0.15, 0.2) is 0 Å². The first kappa shape index (κ1) is 15.7. The van der Waals surface area contributed by atoms with Gasteiger partial charge in [0.2, 0.25) is 0 Å². The minimum Gasteiger partial charge on any atom is -0.314 e. The number of nitrogens with one attached hydrogen (secondary N) is 1. The third-order valence-corrected chi connectivity index (χ3v) is 3.83. The van der Waals surface area contributed by atoms with Crippen LogP contribution in [0.15, 0.2) is 36.7 Å². The molecule has 21 heavy (non-hydrogen) atoms. The molecule has 0 spiro atoms. The molecule has 0 bridgehead atoms. The molecule has 1 unspecified atom stereocenters. The Kier molecular flexibility index (Phi) is 6.41. The summed E-state index contributed by atoms with van der Waals surface area (Å²) >= 11 is 0. The summed E-state index contributed by atoms with van der Waals surface area (Å²) in [5, 5.41) is 7.90. The van der Waals surface area contributed by atoms with Gasteiger partial charge >= 0.3 is 0 Å². The standard InChI is InChI=1S/C17H26N4/c1-3-12-18-16(8-7-15-6-4-5-13-19-15)9-10-17-11-14-20-21(17)2/h4-6,11,13-14,16,18H,3,7-10,12H2,1-2H3. The number of hydrogen-bond acceptors (Lipinski definition) is 3. The fraction of sp³-hybridized carbons (Fsp3) is 0.529. The van der Waals surface area contributed by atoms with Crippen LogP contribution < -0.4 is 5.32 Å². The first-order chi connectivity index (χ1) is 10.3. The lowest BCUT2D eigenvalue weighted by Crippen LogP contribution is -2.31. The average Bonchev–Trinajstić information content (AvgIpc) is 2.93. The van der Waals surface area contributed by atoms with Gasteiger partial charge in [-0.3, -0.25) is 9.67 Å². The molecule has 0 saturated carbocycles. The van der Waals surface area contributed by atoms with Crippen LogP contribution in [-0.2, 0) is 19.9 Å². The van der Waals surface area contributed by atoms with Gasteiger partial charge in [0, 0.05) is 36.9 Å². The minimum absolute atomic E-state index is 0.543. The van der Waals surface area contributed by atoms with Gasteiger partial charge in [-0.25, -0.2) is 0 Å². The van der Waals surface area contributed by atoms with Gasteiger partial charge < -0.3 is 5.32 Å². The van der Waals surface area contributed by atoms with E-state index in [-0.39, 0.29) is 0 Å². The highest BCUT2D eigenvalue weighted by Crippen LogP contribution is 2.09. The molecule has 1 N–H and O–H groups in total. The normalized spacial score (nSPS) is 12.5. The van der Waals surface area contributed by atoms with Gasteiger partial charge in [-0.05, 0) is 56.8 Å². The Morgan fingerprint density at radius 3 is 2.67 bits per heavy atom. The summed E-state index contributed by atoms with van der Waals surface area (Å²) in [6, 6.07) is 8.79. The molecule has 0 amide bonds. The van der Waals surface area contributed by atoms with Crippen LogP contribution in [0.4, 0.5) is 0 Å². The predicted molar refractivity (Wildman–Crippen MR) is 86.2 cm³/mol. The van der Waals surface area contributed by atoms with Crippen LogP contribution in [0.1, 0.15) is 37.6 Å². The maximum atomic E-state index is 4.41. The molecular weight excluding hydrogens is 260 g/mol. The molecule has 2 aromatic heterocycles. The summed E-state index contributed by atoms with van der Waals surface area (Å²) in [7, 11) is 2.01. The second-order valence-electron chi connectivity index (χ2n) is 5.50. The fourth-order valence-electron chi connectivity index (χ4n) is 2.53. The number of hydrogen-bond donors (Lipinski definition) is 1. The van der Waals surface area contributed by atoms with E-state index < -0.39 is 0 Å². The van der Waals surface area contributed by atoms with E-state index in [0.29, 0.717) is 6.04 Å². The number of nitrogens with zero attached hydrogens (tertiary/aromatic N) is 3. The molecular formula is C17H26N4. The van der Waals surface area contributed by atoms with E-state index in [4.69, 9.17) is 0 Å². The Morgan fingerprint density at radius 1 is 1.14 bits per heavy atom. The van der Waals surface area contributed by atoms with Gasteiger partial charge in [0.25, 0.3) is 0 Å². The maximum absolute atomic E-state index is 4.41. The summed E-state index contributed by atoms with van der Waals surface area (Å²) in [5.74, 6) is 0. The maximum Gasteiger partial charge on any atom is 0.0492 e. The summed E-state index contributed by atoms with van der Waals surface area (Å²) in [5.41, 5.74) is 2.48. The highest BCUT2D eigenvalue weighted by Gasteiger charge is 2.10. The van der Waals surface area contributed by atoms with E-state index in [1.807, 2.05) is 30.2 Å². The largest absolute Gasteiger partial charge is 0.314 e. The molecule has 0 aliphatic rings. The van der Waals surface area contributed by atoms with Crippen molar-refractivity contribution < 1.29 is 0 Å². The van der Waals surface area contributed by atoms with Crippen LogP contribution in [0, 0.1) is 0 Å². The van der Waals surface area contributed by atoms with E-state index in [1.165, 1.54) is 17.8 Å². The smallest absolute Gasteiger partial charge is 0.0492 e. The van der Waals surface area contributed by atoms with Crippen molar-refractivity contribution in [1.82, 2.24) is 20.1 Å². The molecule has 0 saturated heterocycles. The zero-order chi connectivity index (χ0) is 14.9. The Morgan fingerprint density at radius 2 is 2.00 bits per heavy atom. The van der Waals surface area contributed by atoms with Gasteiger partial charge in [-0.15, -0.1) is 0 Å². The van der Waals surface area contributed by atoms with E-state index in [1.54, 1.807) is 0 Å². The van der Waals surface area contributed by atoms with Crippen molar-refractivity contribution in [2.45, 2.75) is 45.1 Å². The van der Waals surface area contributed by atoms with Gasteiger partial charge in [0.1, 0.15) is 0 Å². The van der Waals surface area contributed by atoms with E-state index >= 15 is 0 Å². The third-order valence-electron chi connectivity index (χ3n) is 3.83. The van der Waals surface area contributed by atoms with Crippen molar-refractivity contribution in [1.29, 1.82) is 0 Å². The van der Waals surface area contributed by atoms with Crippen LogP contribution in [0.2, 0.25) is 0 Å². The quantitative estimate of drug-likeness (QED) is 0.771. The van der Waals surface area contributed by atoms with Crippen LogP contribution in [-0.4, -0.2) is 27.4 Å². The highest BCUT2D eigenvalue weighted by atomic mass is 15.2. The molecule has 0 radical (unpaired) electrons. The molecule has 0 aliphatic heterocycles. The topological polar surface area (TPSA) is 42.7 Å². The molecule has 114 valence electrons. The van der Waals surface area contributed by atoms with Crippen molar-refractivity contribution in [2.75, 3.05) is 6.54 Å². The van der Waals surface area contributed by atoms with E-state index in [0.717, 1.165) is 32.2 Å². The minimum atomic E-state index is 0.543. The SMILES string of the molecule is CCCNC(CCc1ccccn1)CCc1ccnn1C. The molecule has 4 heteroatoms. The molecule has 2 aromatic rings. The van der Waals surface area contributed by atoms with Crippen molar-refractivity contribution in [3.05, 3.63) is 48.0 Å². The molecule has 2 rings (SSSR count). The van der Waals surface area contributed by atoms with Crippen LogP contribution in [0.3, 0.4) is 0 Å². The second-order valence-corrected chi connectivity index (χ2v) is 5.50. The van der Waals surface area contributed by atoms with Crippen LogP contribution in [0.5, 0.6) is 0 Å². The first-order valence-corrected chi connectivity index (χ1v) is 7.89. The molecule has 0 fully saturated rings. The Balaban J connectivity index is 1.83.